The normalized spacial score (nSPS) is 10.3. The van der Waals surface area contributed by atoms with Crippen LogP contribution in [0.3, 0.4) is 0 Å². The van der Waals surface area contributed by atoms with E-state index in [9.17, 15) is 14.9 Å². The smallest absolute Gasteiger partial charge is 0.270 e. The van der Waals surface area contributed by atoms with Crippen LogP contribution in [0.5, 0.6) is 5.75 Å². The van der Waals surface area contributed by atoms with Crippen molar-refractivity contribution < 1.29 is 14.5 Å². The number of ether oxygens (including phenoxy) is 1. The highest BCUT2D eigenvalue weighted by molar-refractivity contribution is 6.34. The highest BCUT2D eigenvalue weighted by Gasteiger charge is 2.19. The Hall–Kier alpha value is -2.31. The van der Waals surface area contributed by atoms with Gasteiger partial charge in [-0.05, 0) is 24.3 Å². The van der Waals surface area contributed by atoms with Crippen molar-refractivity contribution in [3.05, 3.63) is 67.7 Å². The maximum Gasteiger partial charge on any atom is 0.270 e. The molecule has 0 saturated heterocycles. The molecule has 0 bridgehead atoms. The Morgan fingerprint density at radius 2 is 1.96 bits per heavy atom. The van der Waals surface area contributed by atoms with Crippen LogP contribution >= 0.6 is 23.2 Å². The number of amides is 1. The van der Waals surface area contributed by atoms with Gasteiger partial charge in [0.05, 0.1) is 22.6 Å². The highest BCUT2D eigenvalue weighted by atomic mass is 35.5. The summed E-state index contributed by atoms with van der Waals surface area (Å²) >= 11 is 12.0. The van der Waals surface area contributed by atoms with Crippen molar-refractivity contribution in [2.75, 3.05) is 14.2 Å². The van der Waals surface area contributed by atoms with E-state index in [1.54, 1.807) is 25.2 Å². The van der Waals surface area contributed by atoms with E-state index in [-0.39, 0.29) is 28.7 Å². The Morgan fingerprint density at radius 3 is 2.54 bits per heavy atom. The molecule has 0 aliphatic heterocycles. The van der Waals surface area contributed by atoms with Crippen LogP contribution in [0.4, 0.5) is 5.69 Å². The number of non-ortho nitro benzene ring substituents is 1. The monoisotopic (exact) mass is 368 g/mol. The van der Waals surface area contributed by atoms with E-state index in [1.807, 2.05) is 0 Å². The molecule has 24 heavy (non-hydrogen) atoms. The number of rotatable bonds is 5. The van der Waals surface area contributed by atoms with Crippen LogP contribution in [0.15, 0.2) is 36.4 Å². The number of carbonyl (C=O) groups excluding carboxylic acids is 1. The number of nitrogens with zero attached hydrogens (tertiary/aromatic N) is 2. The summed E-state index contributed by atoms with van der Waals surface area (Å²) in [5, 5.41) is 11.3. The van der Waals surface area contributed by atoms with Gasteiger partial charge in [0.1, 0.15) is 5.75 Å². The Labute approximate surface area is 148 Å². The number of methoxy groups -OCH3 is 1. The first-order valence-electron chi connectivity index (χ1n) is 6.85. The first-order valence-corrected chi connectivity index (χ1v) is 7.61. The van der Waals surface area contributed by atoms with E-state index < -0.39 is 4.92 Å². The van der Waals surface area contributed by atoms with E-state index in [1.165, 1.54) is 24.1 Å². The van der Waals surface area contributed by atoms with E-state index in [0.29, 0.717) is 10.8 Å². The zero-order valence-electron chi connectivity index (χ0n) is 13.0. The summed E-state index contributed by atoms with van der Waals surface area (Å²) in [6.07, 6.45) is 0. The molecule has 2 aromatic carbocycles. The van der Waals surface area contributed by atoms with Gasteiger partial charge in [0.15, 0.2) is 0 Å². The third-order valence-electron chi connectivity index (χ3n) is 3.39. The standard InChI is InChI=1S/C16H14Cl2N2O4/c1-19(9-10-7-11(17)3-6-15(10)24-2)16(21)13-5-4-12(20(22)23)8-14(13)18/h3-8H,9H2,1-2H3. The van der Waals surface area contributed by atoms with Crippen LogP contribution in [0.2, 0.25) is 10.0 Å². The number of carbonyl (C=O) groups is 1. The first-order chi connectivity index (χ1) is 11.3. The number of nitro groups is 1. The molecule has 0 atom stereocenters. The fourth-order valence-electron chi connectivity index (χ4n) is 2.19. The molecule has 0 unspecified atom stereocenters. The predicted octanol–water partition coefficient (Wildman–Crippen LogP) is 4.18. The summed E-state index contributed by atoms with van der Waals surface area (Å²) in [4.78, 5) is 24.1. The number of nitro benzene ring substituents is 1. The molecule has 126 valence electrons. The van der Waals surface area contributed by atoms with E-state index in [4.69, 9.17) is 27.9 Å². The van der Waals surface area contributed by atoms with Gasteiger partial charge in [0, 0.05) is 36.3 Å². The van der Waals surface area contributed by atoms with Gasteiger partial charge >= 0.3 is 0 Å². The van der Waals surface area contributed by atoms with Crippen molar-refractivity contribution >= 4 is 34.8 Å². The van der Waals surface area contributed by atoms with Crippen LogP contribution in [-0.2, 0) is 6.54 Å². The van der Waals surface area contributed by atoms with E-state index in [2.05, 4.69) is 0 Å². The molecule has 0 aliphatic carbocycles. The quantitative estimate of drug-likeness (QED) is 0.585. The lowest BCUT2D eigenvalue weighted by Gasteiger charge is -2.19. The maximum absolute atomic E-state index is 12.5. The van der Waals surface area contributed by atoms with Crippen molar-refractivity contribution in [1.82, 2.24) is 4.90 Å². The molecule has 0 spiro atoms. The lowest BCUT2D eigenvalue weighted by Crippen LogP contribution is -2.26. The molecule has 0 aromatic heterocycles. The molecule has 1 amide bonds. The van der Waals surface area contributed by atoms with Gasteiger partial charge in [-0.25, -0.2) is 0 Å². The average molecular weight is 369 g/mol. The molecule has 2 aromatic rings. The van der Waals surface area contributed by atoms with Gasteiger partial charge in [0.25, 0.3) is 11.6 Å². The maximum atomic E-state index is 12.5. The first kappa shape index (κ1) is 18.0. The van der Waals surface area contributed by atoms with Crippen molar-refractivity contribution in [2.45, 2.75) is 6.54 Å². The van der Waals surface area contributed by atoms with Gasteiger partial charge in [-0.3, -0.25) is 14.9 Å². The Kier molecular flexibility index (Phi) is 5.64. The summed E-state index contributed by atoms with van der Waals surface area (Å²) in [6.45, 7) is 0.246. The van der Waals surface area contributed by atoms with E-state index in [0.717, 1.165) is 11.6 Å². The third-order valence-corrected chi connectivity index (χ3v) is 3.94. The van der Waals surface area contributed by atoms with Gasteiger partial charge in [-0.1, -0.05) is 23.2 Å². The zero-order valence-corrected chi connectivity index (χ0v) is 14.5. The van der Waals surface area contributed by atoms with Crippen LogP contribution < -0.4 is 4.74 Å². The van der Waals surface area contributed by atoms with Crippen molar-refractivity contribution in [1.29, 1.82) is 0 Å². The fourth-order valence-corrected chi connectivity index (χ4v) is 2.65. The summed E-state index contributed by atoms with van der Waals surface area (Å²) < 4.78 is 5.25. The number of hydrogen-bond acceptors (Lipinski definition) is 4. The van der Waals surface area contributed by atoms with Gasteiger partial charge in [-0.2, -0.15) is 0 Å². The fraction of sp³-hybridized carbons (Fsp3) is 0.188. The van der Waals surface area contributed by atoms with E-state index >= 15 is 0 Å². The zero-order chi connectivity index (χ0) is 17.9. The Morgan fingerprint density at radius 1 is 1.25 bits per heavy atom. The van der Waals surface area contributed by atoms with Gasteiger partial charge in [0.2, 0.25) is 0 Å². The molecule has 0 aliphatic rings. The minimum absolute atomic E-state index is 0.0270. The lowest BCUT2D eigenvalue weighted by molar-refractivity contribution is -0.384. The molecule has 0 saturated carbocycles. The molecular weight excluding hydrogens is 355 g/mol. The molecule has 0 radical (unpaired) electrons. The second-order valence-electron chi connectivity index (χ2n) is 5.04. The van der Waals surface area contributed by atoms with Crippen molar-refractivity contribution in [3.8, 4) is 5.75 Å². The molecule has 6 nitrogen and oxygen atoms in total. The molecule has 0 N–H and O–H groups in total. The second kappa shape index (κ2) is 7.51. The van der Waals surface area contributed by atoms with Gasteiger partial charge in [-0.15, -0.1) is 0 Å². The van der Waals surface area contributed by atoms with Crippen LogP contribution in [0.1, 0.15) is 15.9 Å². The Bertz CT molecular complexity index is 796. The van der Waals surface area contributed by atoms with Gasteiger partial charge < -0.3 is 9.64 Å². The summed E-state index contributed by atoms with van der Waals surface area (Å²) in [5.74, 6) is 0.241. The summed E-state index contributed by atoms with van der Waals surface area (Å²) in [7, 11) is 3.13. The largest absolute Gasteiger partial charge is 0.496 e. The number of benzene rings is 2. The average Bonchev–Trinajstić information content (AvgIpc) is 2.54. The lowest BCUT2D eigenvalue weighted by atomic mass is 10.1. The van der Waals surface area contributed by atoms with Crippen LogP contribution in [-0.4, -0.2) is 29.9 Å². The third kappa shape index (κ3) is 3.96. The number of hydrogen-bond donors (Lipinski definition) is 0. The SMILES string of the molecule is COc1ccc(Cl)cc1CN(C)C(=O)c1ccc([N+](=O)[O-])cc1Cl. The molecular formula is C16H14Cl2N2O4. The molecule has 8 heteroatoms. The summed E-state index contributed by atoms with van der Waals surface area (Å²) in [5.41, 5.74) is 0.750. The van der Waals surface area contributed by atoms with Crippen LogP contribution in [0, 0.1) is 10.1 Å². The molecule has 0 heterocycles. The minimum atomic E-state index is -0.569. The minimum Gasteiger partial charge on any atom is -0.496 e. The molecule has 0 fully saturated rings. The predicted molar refractivity (Wildman–Crippen MR) is 91.9 cm³/mol. The van der Waals surface area contributed by atoms with Crippen molar-refractivity contribution in [3.63, 3.8) is 0 Å². The highest BCUT2D eigenvalue weighted by Crippen LogP contribution is 2.26. The number of halogens is 2. The summed E-state index contributed by atoms with van der Waals surface area (Å²) in [6, 6.07) is 8.86. The topological polar surface area (TPSA) is 72.7 Å². The Balaban J connectivity index is 2.24. The second-order valence-corrected chi connectivity index (χ2v) is 5.88. The van der Waals surface area contributed by atoms with Crippen molar-refractivity contribution in [2.24, 2.45) is 0 Å². The molecule has 2 rings (SSSR count). The van der Waals surface area contributed by atoms with Crippen LogP contribution in [0.25, 0.3) is 0 Å².